The number of thiazole rings is 1. The van der Waals surface area contributed by atoms with Crippen molar-refractivity contribution >= 4 is 45.1 Å². The summed E-state index contributed by atoms with van der Waals surface area (Å²) in [5, 5.41) is 2.55. The Balaban J connectivity index is 1.41. The first-order valence-corrected chi connectivity index (χ1v) is 14.6. The summed E-state index contributed by atoms with van der Waals surface area (Å²) in [5.74, 6) is 1.82. The summed E-state index contributed by atoms with van der Waals surface area (Å²) in [7, 11) is 3.45. The average molecular weight is 532 g/mol. The maximum absolute atomic E-state index is 5.44. The average Bonchev–Trinajstić information content (AvgIpc) is 3.47. The predicted octanol–water partition coefficient (Wildman–Crippen LogP) is 8.14. The molecule has 0 bridgehead atoms. The van der Waals surface area contributed by atoms with Crippen LogP contribution in [0.3, 0.4) is 0 Å². The Kier molecular flexibility index (Phi) is 7.77. The summed E-state index contributed by atoms with van der Waals surface area (Å²) in [5.41, 5.74) is 6.82. The van der Waals surface area contributed by atoms with Crippen molar-refractivity contribution in [3.05, 3.63) is 81.4 Å². The van der Waals surface area contributed by atoms with Crippen molar-refractivity contribution in [2.75, 3.05) is 25.7 Å². The van der Waals surface area contributed by atoms with Gasteiger partial charge in [0.15, 0.2) is 0 Å². The number of fused-ring (bicyclic) bond motifs is 2. The molecule has 1 aliphatic carbocycles. The van der Waals surface area contributed by atoms with Crippen molar-refractivity contribution in [2.45, 2.75) is 51.5 Å². The van der Waals surface area contributed by atoms with Gasteiger partial charge in [-0.15, -0.1) is 0 Å². The molecule has 0 saturated carbocycles. The van der Waals surface area contributed by atoms with E-state index in [1.54, 1.807) is 14.2 Å². The number of aryl methyl sites for hydroxylation is 1. The Morgan fingerprint density at radius 1 is 0.973 bits per heavy atom. The van der Waals surface area contributed by atoms with Gasteiger partial charge in [0.05, 0.1) is 24.9 Å². The molecule has 0 fully saturated rings. The quantitative estimate of drug-likeness (QED) is 0.287. The van der Waals surface area contributed by atoms with E-state index in [-0.39, 0.29) is 0 Å². The molecule has 0 spiro atoms. The molecule has 1 aromatic heterocycles. The van der Waals surface area contributed by atoms with E-state index < -0.39 is 0 Å². The van der Waals surface area contributed by atoms with Gasteiger partial charge in [-0.25, -0.2) is 0 Å². The highest BCUT2D eigenvalue weighted by Crippen LogP contribution is 2.47. The summed E-state index contributed by atoms with van der Waals surface area (Å²) >= 11 is 3.65. The molecule has 2 aromatic carbocycles. The predicted molar refractivity (Wildman–Crippen MR) is 158 cm³/mol. The standard InChI is InChI=1S/C31H35N2O2S2/c1-6-32-26-15-13-24(34-4)19-28(26)36-30(32)17-11-22-9-8-10-23(21(22)3)12-18-31-33(7-2)27-16-14-25(35-5)20-29(27)37-31/h11-20H,6-10H2,1-5H3/q+1. The lowest BCUT2D eigenvalue weighted by atomic mass is 9.88. The van der Waals surface area contributed by atoms with E-state index in [0.29, 0.717) is 0 Å². The van der Waals surface area contributed by atoms with Crippen LogP contribution in [0.25, 0.3) is 16.3 Å². The van der Waals surface area contributed by atoms with Gasteiger partial charge in [0, 0.05) is 29.6 Å². The Hall–Kier alpha value is -2.96. The monoisotopic (exact) mass is 531 g/mol. The minimum Gasteiger partial charge on any atom is -0.497 e. The van der Waals surface area contributed by atoms with Crippen LogP contribution in [0.2, 0.25) is 0 Å². The molecule has 0 N–H and O–H groups in total. The molecule has 192 valence electrons. The summed E-state index contributed by atoms with van der Waals surface area (Å²) in [6, 6.07) is 12.7. The maximum atomic E-state index is 5.44. The van der Waals surface area contributed by atoms with Crippen molar-refractivity contribution in [3.63, 3.8) is 0 Å². The number of benzene rings is 2. The zero-order valence-electron chi connectivity index (χ0n) is 22.3. The molecule has 0 amide bonds. The smallest absolute Gasteiger partial charge is 0.262 e. The molecule has 3 aromatic rings. The van der Waals surface area contributed by atoms with Crippen LogP contribution < -0.4 is 18.9 Å². The first kappa shape index (κ1) is 25.7. The second-order valence-corrected chi connectivity index (χ2v) is 11.4. The van der Waals surface area contributed by atoms with Gasteiger partial charge >= 0.3 is 0 Å². The fourth-order valence-electron chi connectivity index (χ4n) is 5.14. The molecule has 0 atom stereocenters. The van der Waals surface area contributed by atoms with E-state index in [2.05, 4.69) is 78.8 Å². The number of thioether (sulfide) groups is 1. The lowest BCUT2D eigenvalue weighted by Gasteiger charge is -2.20. The first-order valence-electron chi connectivity index (χ1n) is 13.0. The number of nitrogens with zero attached hydrogens (tertiary/aromatic N) is 2. The third-order valence-electron chi connectivity index (χ3n) is 7.22. The minimum atomic E-state index is 0.909. The van der Waals surface area contributed by atoms with Crippen LogP contribution in [0.15, 0.2) is 81.3 Å². The second-order valence-electron chi connectivity index (χ2n) is 9.23. The van der Waals surface area contributed by atoms with Gasteiger partial charge in [-0.3, -0.25) is 0 Å². The molecular weight excluding hydrogens is 496 g/mol. The van der Waals surface area contributed by atoms with E-state index in [9.17, 15) is 0 Å². The van der Waals surface area contributed by atoms with Crippen molar-refractivity contribution in [2.24, 2.45) is 0 Å². The molecule has 2 aliphatic rings. The van der Waals surface area contributed by atoms with Gasteiger partial charge in [0.2, 0.25) is 5.52 Å². The van der Waals surface area contributed by atoms with Crippen molar-refractivity contribution in [1.29, 1.82) is 0 Å². The number of rotatable bonds is 7. The van der Waals surface area contributed by atoms with Crippen LogP contribution in [-0.2, 0) is 6.54 Å². The van der Waals surface area contributed by atoms with Gasteiger partial charge in [0.25, 0.3) is 5.01 Å². The van der Waals surface area contributed by atoms with Gasteiger partial charge in [-0.2, -0.15) is 4.57 Å². The molecule has 37 heavy (non-hydrogen) atoms. The van der Waals surface area contributed by atoms with Gasteiger partial charge in [-0.05, 0) is 87.1 Å². The number of hydrogen-bond acceptors (Lipinski definition) is 5. The van der Waals surface area contributed by atoms with E-state index in [1.165, 1.54) is 54.0 Å². The number of methoxy groups -OCH3 is 2. The zero-order valence-corrected chi connectivity index (χ0v) is 24.0. The summed E-state index contributed by atoms with van der Waals surface area (Å²) in [6.45, 7) is 8.60. The Morgan fingerprint density at radius 2 is 1.76 bits per heavy atom. The molecule has 0 radical (unpaired) electrons. The van der Waals surface area contributed by atoms with Gasteiger partial charge in [-0.1, -0.05) is 35.3 Å². The maximum Gasteiger partial charge on any atom is 0.262 e. The van der Waals surface area contributed by atoms with Crippen LogP contribution in [0, 0.1) is 0 Å². The first-order chi connectivity index (χ1) is 18.1. The molecule has 1 aliphatic heterocycles. The van der Waals surface area contributed by atoms with Gasteiger partial charge in [0.1, 0.15) is 22.7 Å². The third-order valence-corrected chi connectivity index (χ3v) is 9.44. The van der Waals surface area contributed by atoms with Crippen molar-refractivity contribution in [3.8, 4) is 11.5 Å². The molecule has 6 heteroatoms. The molecule has 2 heterocycles. The van der Waals surface area contributed by atoms with Crippen LogP contribution in [0.4, 0.5) is 5.69 Å². The Labute approximate surface area is 228 Å². The van der Waals surface area contributed by atoms with Gasteiger partial charge < -0.3 is 14.4 Å². The second kappa shape index (κ2) is 11.2. The van der Waals surface area contributed by atoms with Crippen molar-refractivity contribution in [1.82, 2.24) is 0 Å². The van der Waals surface area contributed by atoms with Crippen LogP contribution in [0.1, 0.15) is 45.0 Å². The molecule has 4 nitrogen and oxygen atoms in total. The number of allylic oxidation sites excluding steroid dienone is 6. The summed E-state index contributed by atoms with van der Waals surface area (Å²) in [6.07, 6.45) is 12.7. The SMILES string of the molecule is CCN1/C(=C/C=C2CCCC(/C=C/c3sc4cc(OC)ccc4[n+]3CC)=C2C)Sc2cc(OC)ccc21. The molecule has 0 saturated heterocycles. The number of aromatic nitrogens is 1. The van der Waals surface area contributed by atoms with E-state index in [0.717, 1.165) is 37.4 Å². The fourth-order valence-corrected chi connectivity index (χ4v) is 7.45. The topological polar surface area (TPSA) is 25.6 Å². The normalized spacial score (nSPS) is 18.0. The van der Waals surface area contributed by atoms with Crippen LogP contribution >= 0.6 is 23.1 Å². The van der Waals surface area contributed by atoms with Crippen LogP contribution in [0.5, 0.6) is 11.5 Å². The number of ether oxygens (including phenoxy) is 2. The Morgan fingerprint density at radius 3 is 2.51 bits per heavy atom. The summed E-state index contributed by atoms with van der Waals surface area (Å²) < 4.78 is 14.5. The lowest BCUT2D eigenvalue weighted by molar-refractivity contribution is -0.665. The highest BCUT2D eigenvalue weighted by molar-refractivity contribution is 8.03. The Bertz CT molecular complexity index is 1440. The highest BCUT2D eigenvalue weighted by atomic mass is 32.2. The largest absolute Gasteiger partial charge is 0.497 e. The van der Waals surface area contributed by atoms with E-state index in [1.807, 2.05) is 35.2 Å². The van der Waals surface area contributed by atoms with Crippen molar-refractivity contribution < 1.29 is 14.0 Å². The number of hydrogen-bond donors (Lipinski definition) is 0. The number of anilines is 1. The van der Waals surface area contributed by atoms with Crippen LogP contribution in [-0.4, -0.2) is 20.8 Å². The van der Waals surface area contributed by atoms with E-state index in [4.69, 9.17) is 9.47 Å². The lowest BCUT2D eigenvalue weighted by Crippen LogP contribution is -2.33. The zero-order chi connectivity index (χ0) is 25.9. The molecule has 5 rings (SSSR count). The minimum absolute atomic E-state index is 0.909. The third kappa shape index (κ3) is 5.10. The molecule has 0 unspecified atom stereocenters. The molecular formula is C31H35N2O2S2+. The highest BCUT2D eigenvalue weighted by Gasteiger charge is 2.24. The summed E-state index contributed by atoms with van der Waals surface area (Å²) in [4.78, 5) is 3.65. The van der Waals surface area contributed by atoms with E-state index >= 15 is 0 Å². The fraction of sp³-hybridized carbons (Fsp3) is 0.323.